The third kappa shape index (κ3) is 3.42. The zero-order valence-corrected chi connectivity index (χ0v) is 15.6. The van der Waals surface area contributed by atoms with Crippen molar-refractivity contribution in [2.75, 3.05) is 5.01 Å². The summed E-state index contributed by atoms with van der Waals surface area (Å²) >= 11 is 6.36. The Labute approximate surface area is 163 Å². The van der Waals surface area contributed by atoms with Crippen LogP contribution in [-0.4, -0.2) is 11.5 Å². The van der Waals surface area contributed by atoms with Crippen LogP contribution in [0.4, 0.5) is 5.69 Å². The molecule has 0 aromatic heterocycles. The van der Waals surface area contributed by atoms with E-state index in [4.69, 9.17) is 22.1 Å². The molecule has 0 saturated heterocycles. The first-order chi connectivity index (χ1) is 13.1. The second kappa shape index (κ2) is 7.22. The second-order valence-corrected chi connectivity index (χ2v) is 6.81. The highest BCUT2D eigenvalue weighted by Gasteiger charge is 2.29. The number of anilines is 1. The molecule has 4 rings (SSSR count). The van der Waals surface area contributed by atoms with E-state index in [1.165, 1.54) is 5.56 Å². The minimum atomic E-state index is 0.309. The fourth-order valence-corrected chi connectivity index (χ4v) is 3.32. The lowest BCUT2D eigenvalue weighted by Gasteiger charge is -2.15. The smallest absolute Gasteiger partial charge is 0.156 e. The van der Waals surface area contributed by atoms with Gasteiger partial charge in [-0.2, -0.15) is 5.10 Å². The Morgan fingerprint density at radius 3 is 2.41 bits per heavy atom. The topological polar surface area (TPSA) is 39.5 Å². The maximum atomic E-state index is 8.76. The minimum Gasteiger partial charge on any atom is -0.282 e. The predicted molar refractivity (Wildman–Crippen MR) is 114 cm³/mol. The average Bonchev–Trinajstić information content (AvgIpc) is 2.99. The van der Waals surface area contributed by atoms with Gasteiger partial charge >= 0.3 is 0 Å². The molecule has 3 aromatic carbocycles. The molecule has 1 aliphatic heterocycles. The van der Waals surface area contributed by atoms with Crippen LogP contribution in [0, 0.1) is 12.3 Å². The normalized spacial score (nSPS) is 15.3. The zero-order chi connectivity index (χ0) is 18.8. The molecule has 132 valence electrons. The second-order valence-electron chi connectivity index (χ2n) is 6.40. The van der Waals surface area contributed by atoms with E-state index in [0.29, 0.717) is 16.5 Å². The molecule has 0 saturated carbocycles. The molecular weight excluding hydrogens is 354 g/mol. The third-order valence-corrected chi connectivity index (χ3v) is 4.72. The summed E-state index contributed by atoms with van der Waals surface area (Å²) in [6.45, 7) is 2.06. The summed E-state index contributed by atoms with van der Waals surface area (Å²) in [6.07, 6.45) is 2.01. The van der Waals surface area contributed by atoms with Gasteiger partial charge in [-0.25, -0.2) is 5.01 Å². The van der Waals surface area contributed by atoms with E-state index in [-0.39, 0.29) is 0 Å². The van der Waals surface area contributed by atoms with E-state index < -0.39 is 0 Å². The molecule has 0 unspecified atom stereocenters. The summed E-state index contributed by atoms with van der Waals surface area (Å²) in [5.41, 5.74) is 5.42. The Kier molecular flexibility index (Phi) is 4.61. The number of hydrogen-bond donors (Lipinski definition) is 1. The van der Waals surface area contributed by atoms with Gasteiger partial charge in [0.2, 0.25) is 0 Å². The van der Waals surface area contributed by atoms with Gasteiger partial charge in [0.25, 0.3) is 0 Å². The fourth-order valence-electron chi connectivity index (χ4n) is 3.10. The molecule has 3 aromatic rings. The van der Waals surface area contributed by atoms with Crippen LogP contribution < -0.4 is 5.01 Å². The Balaban J connectivity index is 1.86. The average molecular weight is 372 g/mol. The van der Waals surface area contributed by atoms with Crippen molar-refractivity contribution in [2.24, 2.45) is 5.10 Å². The maximum Gasteiger partial charge on any atom is 0.156 e. The molecule has 3 nitrogen and oxygen atoms in total. The van der Waals surface area contributed by atoms with Gasteiger partial charge in [-0.05, 0) is 30.7 Å². The lowest BCUT2D eigenvalue weighted by molar-refractivity contribution is 1.14. The van der Waals surface area contributed by atoms with Crippen molar-refractivity contribution in [1.29, 1.82) is 5.41 Å². The zero-order valence-electron chi connectivity index (χ0n) is 14.9. The van der Waals surface area contributed by atoms with Crippen LogP contribution >= 0.6 is 11.6 Å². The van der Waals surface area contributed by atoms with E-state index in [1.54, 1.807) is 5.01 Å². The van der Waals surface area contributed by atoms with Crippen LogP contribution in [0.3, 0.4) is 0 Å². The van der Waals surface area contributed by atoms with Crippen LogP contribution in [0.1, 0.15) is 16.7 Å². The molecule has 1 aliphatic rings. The number of hydrogen-bond acceptors (Lipinski definition) is 2. The van der Waals surface area contributed by atoms with Gasteiger partial charge in [-0.15, -0.1) is 0 Å². The lowest BCUT2D eigenvalue weighted by Crippen LogP contribution is -2.21. The van der Waals surface area contributed by atoms with Crippen molar-refractivity contribution in [3.8, 4) is 0 Å². The van der Waals surface area contributed by atoms with Crippen LogP contribution in [0.25, 0.3) is 6.08 Å². The van der Waals surface area contributed by atoms with Crippen molar-refractivity contribution in [3.05, 3.63) is 106 Å². The first kappa shape index (κ1) is 17.3. The SMILES string of the molecule is Cc1cccc(/C=C2/C(=N)N(c3ccccc3Cl)N=C2c2ccccc2)c1. The molecule has 0 amide bonds. The van der Waals surface area contributed by atoms with Gasteiger partial charge in [-0.1, -0.05) is 83.9 Å². The lowest BCUT2D eigenvalue weighted by atomic mass is 9.99. The summed E-state index contributed by atoms with van der Waals surface area (Å²) < 4.78 is 0. The highest BCUT2D eigenvalue weighted by molar-refractivity contribution is 6.40. The Morgan fingerprint density at radius 1 is 0.926 bits per heavy atom. The van der Waals surface area contributed by atoms with Crippen LogP contribution in [0.2, 0.25) is 5.02 Å². The number of nitrogens with one attached hydrogen (secondary N) is 1. The molecule has 0 fully saturated rings. The van der Waals surface area contributed by atoms with E-state index in [1.807, 2.05) is 72.8 Å². The maximum absolute atomic E-state index is 8.76. The highest BCUT2D eigenvalue weighted by Crippen LogP contribution is 2.32. The number of aryl methyl sites for hydroxylation is 1. The number of benzene rings is 3. The summed E-state index contributed by atoms with van der Waals surface area (Å²) in [6, 6.07) is 25.6. The molecule has 4 heteroatoms. The largest absolute Gasteiger partial charge is 0.282 e. The molecular formula is C23H18ClN3. The molecule has 0 aliphatic carbocycles. The van der Waals surface area contributed by atoms with Crippen LogP contribution in [0.5, 0.6) is 0 Å². The third-order valence-electron chi connectivity index (χ3n) is 4.40. The number of halogens is 1. The van der Waals surface area contributed by atoms with Gasteiger partial charge in [0.05, 0.1) is 10.7 Å². The number of rotatable bonds is 3. The summed E-state index contributed by atoms with van der Waals surface area (Å²) in [7, 11) is 0. The molecule has 0 spiro atoms. The monoisotopic (exact) mass is 371 g/mol. The summed E-state index contributed by atoms with van der Waals surface area (Å²) in [5.74, 6) is 0.309. The van der Waals surface area contributed by atoms with Gasteiger partial charge in [0.15, 0.2) is 5.84 Å². The van der Waals surface area contributed by atoms with Crippen molar-refractivity contribution in [1.82, 2.24) is 0 Å². The van der Waals surface area contributed by atoms with Gasteiger partial charge < -0.3 is 0 Å². The number of para-hydroxylation sites is 1. The van der Waals surface area contributed by atoms with Crippen LogP contribution in [-0.2, 0) is 0 Å². The predicted octanol–water partition coefficient (Wildman–Crippen LogP) is 5.93. The standard InChI is InChI=1S/C23H18ClN3/c1-16-8-7-9-17(14-16)15-19-22(18-10-3-2-4-11-18)26-27(23(19)25)21-13-6-5-12-20(21)24/h2-15,25H,1H3/b19-15+,25-23?. The number of amidine groups is 1. The van der Waals surface area contributed by atoms with Gasteiger partial charge in [0.1, 0.15) is 5.71 Å². The molecule has 1 heterocycles. The Bertz CT molecular complexity index is 1070. The van der Waals surface area contributed by atoms with Gasteiger partial charge in [0, 0.05) is 11.1 Å². The molecule has 0 radical (unpaired) electrons. The van der Waals surface area contributed by atoms with Gasteiger partial charge in [-0.3, -0.25) is 5.41 Å². The quantitative estimate of drug-likeness (QED) is 0.608. The first-order valence-corrected chi connectivity index (χ1v) is 9.07. The van der Waals surface area contributed by atoms with Crippen molar-refractivity contribution >= 4 is 34.9 Å². The number of hydrazone groups is 1. The van der Waals surface area contributed by atoms with Crippen molar-refractivity contribution in [2.45, 2.75) is 6.92 Å². The molecule has 0 bridgehead atoms. The minimum absolute atomic E-state index is 0.309. The Hall–Kier alpha value is -3.17. The highest BCUT2D eigenvalue weighted by atomic mass is 35.5. The van der Waals surface area contributed by atoms with Crippen molar-refractivity contribution < 1.29 is 0 Å². The van der Waals surface area contributed by atoms with Crippen LogP contribution in [0.15, 0.2) is 89.5 Å². The van der Waals surface area contributed by atoms with E-state index >= 15 is 0 Å². The molecule has 0 atom stereocenters. The Morgan fingerprint density at radius 2 is 1.67 bits per heavy atom. The molecule has 27 heavy (non-hydrogen) atoms. The van der Waals surface area contributed by atoms with Crippen molar-refractivity contribution in [3.63, 3.8) is 0 Å². The first-order valence-electron chi connectivity index (χ1n) is 8.70. The fraction of sp³-hybridized carbons (Fsp3) is 0.0435. The van der Waals surface area contributed by atoms with E-state index in [2.05, 4.69) is 19.1 Å². The molecule has 1 N–H and O–H groups in total. The van der Waals surface area contributed by atoms with E-state index in [9.17, 15) is 0 Å². The van der Waals surface area contributed by atoms with E-state index in [0.717, 1.165) is 22.4 Å². The summed E-state index contributed by atoms with van der Waals surface area (Å²) in [4.78, 5) is 0. The summed E-state index contributed by atoms with van der Waals surface area (Å²) in [5, 5.41) is 15.7. The number of nitrogens with zero attached hydrogens (tertiary/aromatic N) is 2.